The van der Waals surface area contributed by atoms with Crippen molar-refractivity contribution in [2.24, 2.45) is 5.73 Å². The van der Waals surface area contributed by atoms with E-state index in [1.165, 1.54) is 0 Å². The lowest BCUT2D eigenvalue weighted by Gasteiger charge is -2.25. The summed E-state index contributed by atoms with van der Waals surface area (Å²) in [5.74, 6) is 0.339. The Hall–Kier alpha value is -0.340. The number of alkyl halides is 2. The van der Waals surface area contributed by atoms with Crippen LogP contribution in [0.1, 0.15) is 9.49 Å². The molecular weight excluding hydrogens is 639 g/mol. The molecule has 0 spiro atoms. The Morgan fingerprint density at radius 2 is 1.74 bits per heavy atom. The third-order valence-electron chi connectivity index (χ3n) is 3.01. The molecule has 23 heavy (non-hydrogen) atoms. The second-order valence-electron chi connectivity index (χ2n) is 4.72. The highest BCUT2D eigenvalue weighted by atomic mass is 127. The van der Waals surface area contributed by atoms with Crippen LogP contribution in [0.3, 0.4) is 0 Å². The lowest BCUT2D eigenvalue weighted by atomic mass is 10.1. The monoisotopic (exact) mass is 651 g/mol. The number of hydrogen-bond acceptors (Lipinski definition) is 4. The fraction of sp³-hybridized carbons (Fsp3) is 0.133. The van der Waals surface area contributed by atoms with Crippen molar-refractivity contribution in [2.45, 2.75) is 7.47 Å². The van der Waals surface area contributed by atoms with Crippen molar-refractivity contribution < 1.29 is 19.7 Å². The Labute approximate surface area is 174 Å². The van der Waals surface area contributed by atoms with Gasteiger partial charge in [0.05, 0.1) is 3.92 Å². The van der Waals surface area contributed by atoms with Crippen LogP contribution in [-0.4, -0.2) is 19.7 Å². The smallest absolute Gasteiger partial charge is 0.335 e. The first kappa shape index (κ1) is 19.0. The average Bonchev–Trinajstić information content (AvgIpc) is 2.49. The molecule has 0 radical (unpaired) electrons. The molecule has 0 saturated heterocycles. The number of nitrogens with two attached hydrogens (primary N) is 1. The largest absolute Gasteiger partial charge is 0.508 e. The normalized spacial score (nSPS) is 14.8. The third-order valence-corrected chi connectivity index (χ3v) is 7.88. The molecule has 4 N–H and O–H groups in total. The van der Waals surface area contributed by atoms with E-state index in [0.29, 0.717) is 11.5 Å². The molecule has 2 atom stereocenters. The van der Waals surface area contributed by atoms with E-state index in [9.17, 15) is 15.0 Å². The van der Waals surface area contributed by atoms with E-state index in [0.717, 1.165) is 9.13 Å². The van der Waals surface area contributed by atoms with Crippen molar-refractivity contribution in [2.75, 3.05) is 0 Å². The van der Waals surface area contributed by atoms with E-state index in [-0.39, 0.29) is 5.75 Å². The summed E-state index contributed by atoms with van der Waals surface area (Å²) in [6.45, 7) is 0. The molecule has 2 aromatic carbocycles. The minimum absolute atomic E-state index is 0.171. The summed E-state index contributed by atoms with van der Waals surface area (Å²) in [7, 11) is 0. The van der Waals surface area contributed by atoms with Crippen LogP contribution in [0, 0.1) is 3.57 Å². The van der Waals surface area contributed by atoms with Crippen LogP contribution in [0.5, 0.6) is 17.2 Å². The number of rotatable bonds is 5. The Balaban J connectivity index is 2.24. The number of ether oxygens (including phenoxy) is 1. The molecule has 2 aromatic rings. The van der Waals surface area contributed by atoms with Crippen molar-refractivity contribution >= 4 is 73.7 Å². The molecule has 0 aromatic heterocycles. The van der Waals surface area contributed by atoms with Crippen molar-refractivity contribution in [3.63, 3.8) is 0 Å². The zero-order valence-corrected chi connectivity index (χ0v) is 18.0. The van der Waals surface area contributed by atoms with Gasteiger partial charge in [-0.15, -0.1) is 0 Å². The maximum atomic E-state index is 11.3. The van der Waals surface area contributed by atoms with E-state index in [1.54, 1.807) is 52.9 Å². The fourth-order valence-electron chi connectivity index (χ4n) is 1.76. The van der Waals surface area contributed by atoms with Gasteiger partial charge >= 0.3 is 5.97 Å². The van der Waals surface area contributed by atoms with Crippen molar-refractivity contribution in [3.8, 4) is 17.2 Å². The molecule has 0 aliphatic heterocycles. The molecule has 122 valence electrons. The van der Waals surface area contributed by atoms with Gasteiger partial charge in [0.2, 0.25) is 0 Å². The molecule has 0 heterocycles. The second-order valence-corrected chi connectivity index (χ2v) is 8.91. The maximum absolute atomic E-state index is 11.3. The van der Waals surface area contributed by atoms with Crippen LogP contribution in [0.25, 0.3) is 0 Å². The molecule has 0 fully saturated rings. The van der Waals surface area contributed by atoms with Gasteiger partial charge in [0.1, 0.15) is 17.2 Å². The van der Waals surface area contributed by atoms with Crippen LogP contribution < -0.4 is 10.5 Å². The van der Waals surface area contributed by atoms with Gasteiger partial charge in [0.25, 0.3) is 0 Å². The molecule has 0 aliphatic rings. The fourth-order valence-corrected chi connectivity index (χ4v) is 4.30. The first-order chi connectivity index (χ1) is 10.7. The molecule has 0 aliphatic carbocycles. The minimum Gasteiger partial charge on any atom is -0.508 e. The number of carboxylic acid groups (broad SMARTS) is 1. The van der Waals surface area contributed by atoms with E-state index in [1.807, 2.05) is 34.7 Å². The van der Waals surface area contributed by atoms with E-state index in [2.05, 4.69) is 22.6 Å². The van der Waals surface area contributed by atoms with Gasteiger partial charge in [-0.05, 0) is 87.1 Å². The molecule has 0 saturated carbocycles. The molecule has 0 bridgehead atoms. The summed E-state index contributed by atoms with van der Waals surface area (Å²) in [4.78, 5) is 11.3. The van der Waals surface area contributed by atoms with Gasteiger partial charge < -0.3 is 20.7 Å². The van der Waals surface area contributed by atoms with Crippen LogP contribution in [0.2, 0.25) is 0 Å². The predicted molar refractivity (Wildman–Crippen MR) is 113 cm³/mol. The van der Waals surface area contributed by atoms with Gasteiger partial charge in [0, 0.05) is 3.57 Å². The summed E-state index contributed by atoms with van der Waals surface area (Å²) in [6.07, 6.45) is 0. The van der Waals surface area contributed by atoms with E-state index < -0.39 is 13.4 Å². The number of carbonyl (C=O) groups is 1. The maximum Gasteiger partial charge on any atom is 0.335 e. The van der Waals surface area contributed by atoms with Crippen molar-refractivity contribution in [1.82, 2.24) is 0 Å². The first-order valence-corrected chi connectivity index (χ1v) is 9.73. The van der Waals surface area contributed by atoms with Crippen molar-refractivity contribution in [3.05, 3.63) is 51.6 Å². The lowest BCUT2D eigenvalue weighted by molar-refractivity contribution is -0.139. The number of hydrogen-bond donors (Lipinski definition) is 3. The van der Waals surface area contributed by atoms with Gasteiger partial charge in [-0.3, -0.25) is 0 Å². The van der Waals surface area contributed by atoms with E-state index >= 15 is 0 Å². The molecule has 8 heteroatoms. The third kappa shape index (κ3) is 4.60. The molecule has 2 rings (SSSR count). The molecule has 0 amide bonds. The molecule has 5 nitrogen and oxygen atoms in total. The summed E-state index contributed by atoms with van der Waals surface area (Å²) >= 11 is 5.93. The average molecular weight is 651 g/mol. The number of aromatic hydroxyl groups is 1. The van der Waals surface area contributed by atoms with Gasteiger partial charge in [-0.25, -0.2) is 4.79 Å². The first-order valence-electron chi connectivity index (χ1n) is 6.33. The van der Waals surface area contributed by atoms with E-state index in [4.69, 9.17) is 10.5 Å². The lowest BCUT2D eigenvalue weighted by Crippen LogP contribution is -2.45. The molecular formula is C15H12I3NO4. The zero-order chi connectivity index (χ0) is 17.2. The summed E-state index contributed by atoms with van der Waals surface area (Å²) in [5.41, 5.74) is 6.74. The number of halogens is 3. The highest BCUT2D eigenvalue weighted by Crippen LogP contribution is 2.41. The molecule has 0 unspecified atom stereocenters. The number of benzene rings is 2. The highest BCUT2D eigenvalue weighted by Gasteiger charge is 2.40. The number of phenolic OH excluding ortho intramolecular Hbond substituents is 1. The number of carboxylic acids is 1. The number of aliphatic carboxylic acids is 1. The Bertz CT molecular complexity index is 719. The predicted octanol–water partition coefficient (Wildman–Crippen LogP) is 4.44. The summed E-state index contributed by atoms with van der Waals surface area (Å²) < 4.78 is 4.79. The second kappa shape index (κ2) is 7.70. The summed E-state index contributed by atoms with van der Waals surface area (Å²) in [6, 6.07) is 11.8. The van der Waals surface area contributed by atoms with Crippen molar-refractivity contribution in [1.29, 1.82) is 0 Å². The Kier molecular flexibility index (Phi) is 6.35. The van der Waals surface area contributed by atoms with Gasteiger partial charge in [0.15, 0.2) is 3.55 Å². The quantitative estimate of drug-likeness (QED) is 0.253. The Morgan fingerprint density at radius 3 is 2.26 bits per heavy atom. The highest BCUT2D eigenvalue weighted by molar-refractivity contribution is 14.1. The zero-order valence-electron chi connectivity index (χ0n) is 11.5. The van der Waals surface area contributed by atoms with Gasteiger partial charge in [-0.2, -0.15) is 0 Å². The van der Waals surface area contributed by atoms with Crippen LogP contribution in [0.4, 0.5) is 0 Å². The SMILES string of the molecule is N[C@@](I)(C(=O)O)[C@H](I)c1ccc(Oc2ccc(O)cc2)cc1I. The topological polar surface area (TPSA) is 92.8 Å². The number of phenols is 1. The van der Waals surface area contributed by atoms with Crippen LogP contribution in [-0.2, 0) is 4.79 Å². The minimum atomic E-state index is -1.39. The van der Waals surface area contributed by atoms with Gasteiger partial charge in [-0.1, -0.05) is 28.7 Å². The standard InChI is InChI=1S/C15H12I3NO4/c16-12-7-10(23-9-3-1-8(20)2-4-9)5-6-11(12)13(17)15(18,19)14(21)22/h1-7,13,20H,19H2,(H,21,22)/t13-,15-/m1/s1. The van der Waals surface area contributed by atoms with Crippen LogP contribution in [0.15, 0.2) is 42.5 Å². The summed E-state index contributed by atoms with van der Waals surface area (Å²) in [5, 5.41) is 18.5. The Morgan fingerprint density at radius 1 is 1.17 bits per heavy atom. The van der Waals surface area contributed by atoms with Crippen LogP contribution >= 0.6 is 67.8 Å².